The van der Waals surface area contributed by atoms with Gasteiger partial charge >= 0.3 is 0 Å². The summed E-state index contributed by atoms with van der Waals surface area (Å²) in [6.45, 7) is 2.50. The maximum absolute atomic E-state index is 12.1. The number of carbonyl (C=O) groups is 1. The molecule has 110 valence electrons. The van der Waals surface area contributed by atoms with Gasteiger partial charge in [0.2, 0.25) is 5.91 Å². The summed E-state index contributed by atoms with van der Waals surface area (Å²) < 4.78 is 7.01. The monoisotopic (exact) mass is 286 g/mol. The van der Waals surface area contributed by atoms with Gasteiger partial charge in [0.25, 0.3) is 0 Å². The number of anilines is 1. The summed E-state index contributed by atoms with van der Waals surface area (Å²) in [6, 6.07) is 3.83. The van der Waals surface area contributed by atoms with Crippen molar-refractivity contribution in [1.29, 1.82) is 0 Å². The molecular weight excluding hydrogens is 268 g/mol. The minimum Gasteiger partial charge on any atom is -0.398 e. The van der Waals surface area contributed by atoms with Crippen molar-refractivity contribution in [2.24, 2.45) is 7.05 Å². The Balaban J connectivity index is 1.82. The number of carbonyl (C=O) groups excluding carboxylic acids is 1. The van der Waals surface area contributed by atoms with E-state index in [2.05, 4.69) is 5.10 Å². The molecule has 3 rings (SSSR count). The van der Waals surface area contributed by atoms with Crippen LogP contribution in [0, 0.1) is 0 Å². The number of morpholine rings is 1. The Morgan fingerprint density at radius 3 is 2.90 bits per heavy atom. The summed E-state index contributed by atoms with van der Waals surface area (Å²) in [5, 5.41) is 5.12. The van der Waals surface area contributed by atoms with Crippen LogP contribution in [0.15, 0.2) is 24.4 Å². The first-order valence-corrected chi connectivity index (χ1v) is 6.91. The fourth-order valence-corrected chi connectivity index (χ4v) is 2.45. The van der Waals surface area contributed by atoms with Crippen LogP contribution in [0.5, 0.6) is 0 Å². The van der Waals surface area contributed by atoms with E-state index in [-0.39, 0.29) is 5.91 Å². The Morgan fingerprint density at radius 1 is 1.38 bits per heavy atom. The van der Waals surface area contributed by atoms with Crippen molar-refractivity contribution in [2.75, 3.05) is 32.0 Å². The minimum absolute atomic E-state index is 0.00183. The molecule has 0 bridgehead atoms. The number of aryl methyl sites for hydroxylation is 1. The second-order valence-corrected chi connectivity index (χ2v) is 5.08. The molecule has 2 N–H and O–H groups in total. The molecule has 1 fully saturated rings. The smallest absolute Gasteiger partial charge is 0.246 e. The Kier molecular flexibility index (Phi) is 3.62. The maximum Gasteiger partial charge on any atom is 0.246 e. The van der Waals surface area contributed by atoms with Gasteiger partial charge in [-0.3, -0.25) is 9.48 Å². The van der Waals surface area contributed by atoms with Crippen molar-refractivity contribution in [2.45, 2.75) is 0 Å². The molecule has 1 aromatic carbocycles. The van der Waals surface area contributed by atoms with E-state index in [0.717, 1.165) is 16.5 Å². The van der Waals surface area contributed by atoms with Gasteiger partial charge in [0.1, 0.15) is 0 Å². The van der Waals surface area contributed by atoms with E-state index in [9.17, 15) is 4.79 Å². The minimum atomic E-state index is 0.00183. The molecule has 1 aliphatic rings. The molecule has 2 aromatic rings. The number of aromatic nitrogens is 2. The highest BCUT2D eigenvalue weighted by molar-refractivity contribution is 5.95. The van der Waals surface area contributed by atoms with Crippen molar-refractivity contribution < 1.29 is 9.53 Å². The molecule has 1 aliphatic heterocycles. The van der Waals surface area contributed by atoms with Gasteiger partial charge in [-0.05, 0) is 23.8 Å². The fourth-order valence-electron chi connectivity index (χ4n) is 2.45. The van der Waals surface area contributed by atoms with Gasteiger partial charge in [0.05, 0.1) is 24.9 Å². The van der Waals surface area contributed by atoms with E-state index in [1.54, 1.807) is 27.9 Å². The summed E-state index contributed by atoms with van der Waals surface area (Å²) in [7, 11) is 1.87. The molecule has 0 atom stereocenters. The van der Waals surface area contributed by atoms with E-state index in [1.165, 1.54) is 0 Å². The SMILES string of the molecule is Cn1ncc2c(N)cc(/C=C/C(=O)N3CCOCC3)cc21. The van der Waals surface area contributed by atoms with Crippen LogP contribution in [-0.2, 0) is 16.6 Å². The average Bonchev–Trinajstić information content (AvgIpc) is 2.88. The molecule has 0 unspecified atom stereocenters. The summed E-state index contributed by atoms with van der Waals surface area (Å²) >= 11 is 0. The van der Waals surface area contributed by atoms with Gasteiger partial charge in [-0.2, -0.15) is 5.10 Å². The van der Waals surface area contributed by atoms with E-state index < -0.39 is 0 Å². The number of hydrogen-bond acceptors (Lipinski definition) is 4. The largest absolute Gasteiger partial charge is 0.398 e. The van der Waals surface area contributed by atoms with E-state index in [4.69, 9.17) is 10.5 Å². The highest BCUT2D eigenvalue weighted by Gasteiger charge is 2.14. The molecule has 1 aromatic heterocycles. The number of fused-ring (bicyclic) bond motifs is 1. The third-order valence-electron chi connectivity index (χ3n) is 3.66. The third kappa shape index (κ3) is 2.75. The van der Waals surface area contributed by atoms with Crippen molar-refractivity contribution in [3.63, 3.8) is 0 Å². The standard InChI is InChI=1S/C15H18N4O2/c1-18-14-9-11(8-13(16)12(14)10-17-18)2-3-15(20)19-4-6-21-7-5-19/h2-3,8-10H,4-7,16H2,1H3/b3-2+. The molecule has 2 heterocycles. The first kappa shape index (κ1) is 13.6. The van der Waals surface area contributed by atoms with Crippen LogP contribution in [-0.4, -0.2) is 46.9 Å². The first-order chi connectivity index (χ1) is 10.1. The number of rotatable bonds is 2. The lowest BCUT2D eigenvalue weighted by Gasteiger charge is -2.25. The lowest BCUT2D eigenvalue weighted by molar-refractivity contribution is -0.129. The highest BCUT2D eigenvalue weighted by atomic mass is 16.5. The normalized spacial score (nSPS) is 16.0. The number of nitrogens with two attached hydrogens (primary N) is 1. The summed E-state index contributed by atoms with van der Waals surface area (Å²) in [4.78, 5) is 13.9. The Labute approximate surface area is 122 Å². The van der Waals surface area contributed by atoms with Crippen LogP contribution in [0.25, 0.3) is 17.0 Å². The number of amides is 1. The number of benzene rings is 1. The maximum atomic E-state index is 12.1. The number of nitrogen functional groups attached to an aromatic ring is 1. The number of nitrogens with zero attached hydrogens (tertiary/aromatic N) is 3. The van der Waals surface area contributed by atoms with Gasteiger partial charge in [-0.25, -0.2) is 0 Å². The molecule has 0 spiro atoms. The van der Waals surface area contributed by atoms with Gasteiger partial charge < -0.3 is 15.4 Å². The summed E-state index contributed by atoms with van der Waals surface area (Å²) in [5.41, 5.74) is 8.53. The topological polar surface area (TPSA) is 73.4 Å². The second-order valence-electron chi connectivity index (χ2n) is 5.08. The molecule has 0 saturated carbocycles. The predicted molar refractivity (Wildman–Crippen MR) is 81.6 cm³/mol. The van der Waals surface area contributed by atoms with Gasteiger partial charge in [-0.1, -0.05) is 0 Å². The molecule has 0 radical (unpaired) electrons. The molecule has 0 aliphatic carbocycles. The molecule has 6 heteroatoms. The zero-order valence-corrected chi connectivity index (χ0v) is 12.0. The lowest BCUT2D eigenvalue weighted by Crippen LogP contribution is -2.39. The lowest BCUT2D eigenvalue weighted by atomic mass is 10.1. The average molecular weight is 286 g/mol. The Bertz CT molecular complexity index is 699. The van der Waals surface area contributed by atoms with Gasteiger partial charge in [0, 0.05) is 37.3 Å². The number of ether oxygens (including phenoxy) is 1. The van der Waals surface area contributed by atoms with Crippen molar-refractivity contribution in [3.05, 3.63) is 30.0 Å². The van der Waals surface area contributed by atoms with Crippen molar-refractivity contribution in [1.82, 2.24) is 14.7 Å². The van der Waals surface area contributed by atoms with Crippen molar-refractivity contribution >= 4 is 28.6 Å². The molecule has 6 nitrogen and oxygen atoms in total. The second kappa shape index (κ2) is 5.57. The van der Waals surface area contributed by atoms with Crippen LogP contribution in [0.4, 0.5) is 5.69 Å². The third-order valence-corrected chi connectivity index (χ3v) is 3.66. The molecule has 1 saturated heterocycles. The molecule has 21 heavy (non-hydrogen) atoms. The summed E-state index contributed by atoms with van der Waals surface area (Å²) in [5.74, 6) is 0.00183. The highest BCUT2D eigenvalue weighted by Crippen LogP contribution is 2.23. The molecule has 1 amide bonds. The van der Waals surface area contributed by atoms with E-state index in [1.807, 2.05) is 19.2 Å². The fraction of sp³-hybridized carbons (Fsp3) is 0.333. The first-order valence-electron chi connectivity index (χ1n) is 6.91. The van der Waals surface area contributed by atoms with Crippen LogP contribution < -0.4 is 5.73 Å². The van der Waals surface area contributed by atoms with Gasteiger partial charge in [0.15, 0.2) is 0 Å². The summed E-state index contributed by atoms with van der Waals surface area (Å²) in [6.07, 6.45) is 5.12. The van der Waals surface area contributed by atoms with Gasteiger partial charge in [-0.15, -0.1) is 0 Å². The quantitative estimate of drug-likeness (QED) is 0.661. The Hall–Kier alpha value is -2.34. The zero-order chi connectivity index (χ0) is 14.8. The van der Waals surface area contributed by atoms with Crippen LogP contribution >= 0.6 is 0 Å². The predicted octanol–water partition coefficient (Wildman–Crippen LogP) is 1.03. The van der Waals surface area contributed by atoms with Crippen LogP contribution in [0.1, 0.15) is 5.56 Å². The molecular formula is C15H18N4O2. The van der Waals surface area contributed by atoms with E-state index in [0.29, 0.717) is 32.0 Å². The van der Waals surface area contributed by atoms with Crippen LogP contribution in [0.2, 0.25) is 0 Å². The van der Waals surface area contributed by atoms with Crippen LogP contribution in [0.3, 0.4) is 0 Å². The number of hydrogen-bond donors (Lipinski definition) is 1. The van der Waals surface area contributed by atoms with Crippen molar-refractivity contribution in [3.8, 4) is 0 Å². The Morgan fingerprint density at radius 2 is 2.14 bits per heavy atom. The zero-order valence-electron chi connectivity index (χ0n) is 12.0. The van der Waals surface area contributed by atoms with E-state index >= 15 is 0 Å².